The summed E-state index contributed by atoms with van der Waals surface area (Å²) in [5, 5.41) is 3.07. The molecule has 24 heavy (non-hydrogen) atoms. The van der Waals surface area contributed by atoms with Crippen molar-refractivity contribution in [1.82, 2.24) is 10.2 Å². The van der Waals surface area contributed by atoms with Gasteiger partial charge < -0.3 is 5.32 Å². The van der Waals surface area contributed by atoms with Crippen LogP contribution in [0.25, 0.3) is 0 Å². The van der Waals surface area contributed by atoms with Crippen molar-refractivity contribution < 1.29 is 4.79 Å². The summed E-state index contributed by atoms with van der Waals surface area (Å²) in [6, 6.07) is 8.76. The van der Waals surface area contributed by atoms with Crippen LogP contribution in [0.1, 0.15) is 68.9 Å². The van der Waals surface area contributed by atoms with E-state index >= 15 is 0 Å². The zero-order valence-electron chi connectivity index (χ0n) is 14.9. The number of benzene rings is 1. The summed E-state index contributed by atoms with van der Waals surface area (Å²) in [4.78, 5) is 14.5. The van der Waals surface area contributed by atoms with Gasteiger partial charge in [-0.05, 0) is 49.4 Å². The molecule has 3 rings (SSSR count). The van der Waals surface area contributed by atoms with Crippen LogP contribution in [0.15, 0.2) is 24.3 Å². The second-order valence-electron chi connectivity index (χ2n) is 7.62. The van der Waals surface area contributed by atoms with Crippen LogP contribution < -0.4 is 5.32 Å². The topological polar surface area (TPSA) is 32.3 Å². The fraction of sp³-hybridized carbons (Fsp3) is 0.667. The maximum Gasteiger partial charge on any atom is 0.220 e. The predicted molar refractivity (Wildman–Crippen MR) is 98.6 cm³/mol. The SMILES string of the molecule is O=C(CCC1CCCC1)NCc1ccc(CN2CCCCC2)cc1. The second-order valence-corrected chi connectivity index (χ2v) is 7.62. The smallest absolute Gasteiger partial charge is 0.220 e. The van der Waals surface area contributed by atoms with E-state index in [4.69, 9.17) is 0 Å². The molecule has 1 aliphatic heterocycles. The van der Waals surface area contributed by atoms with Gasteiger partial charge in [0.1, 0.15) is 0 Å². The van der Waals surface area contributed by atoms with Crippen molar-refractivity contribution in [3.8, 4) is 0 Å². The lowest BCUT2D eigenvalue weighted by molar-refractivity contribution is -0.121. The normalized spacial score (nSPS) is 19.5. The summed E-state index contributed by atoms with van der Waals surface area (Å²) < 4.78 is 0. The lowest BCUT2D eigenvalue weighted by Gasteiger charge is -2.26. The van der Waals surface area contributed by atoms with Gasteiger partial charge in [-0.1, -0.05) is 56.4 Å². The molecule has 1 aliphatic carbocycles. The Kier molecular flexibility index (Phi) is 6.71. The van der Waals surface area contributed by atoms with E-state index in [1.807, 2.05) is 0 Å². The van der Waals surface area contributed by atoms with Gasteiger partial charge in [-0.15, -0.1) is 0 Å². The molecule has 0 bridgehead atoms. The predicted octanol–water partition coefficient (Wildman–Crippen LogP) is 4.26. The van der Waals surface area contributed by atoms with Crippen LogP contribution in [0.3, 0.4) is 0 Å². The average molecular weight is 329 g/mol. The van der Waals surface area contributed by atoms with Gasteiger partial charge in [0, 0.05) is 19.5 Å². The quantitative estimate of drug-likeness (QED) is 0.811. The van der Waals surface area contributed by atoms with Crippen molar-refractivity contribution in [2.45, 2.75) is 70.9 Å². The second kappa shape index (κ2) is 9.22. The molecule has 0 spiro atoms. The maximum absolute atomic E-state index is 12.0. The highest BCUT2D eigenvalue weighted by molar-refractivity contribution is 5.75. The van der Waals surface area contributed by atoms with Gasteiger partial charge in [-0.3, -0.25) is 9.69 Å². The third-order valence-electron chi connectivity index (χ3n) is 5.62. The summed E-state index contributed by atoms with van der Waals surface area (Å²) in [6.07, 6.45) is 11.2. The van der Waals surface area contributed by atoms with Crippen molar-refractivity contribution in [3.63, 3.8) is 0 Å². The largest absolute Gasteiger partial charge is 0.352 e. The molecule has 0 radical (unpaired) electrons. The van der Waals surface area contributed by atoms with Crippen molar-refractivity contribution >= 4 is 5.91 Å². The van der Waals surface area contributed by atoms with Gasteiger partial charge in [0.2, 0.25) is 5.91 Å². The summed E-state index contributed by atoms with van der Waals surface area (Å²) >= 11 is 0. The minimum atomic E-state index is 0.208. The minimum absolute atomic E-state index is 0.208. The van der Waals surface area contributed by atoms with E-state index in [-0.39, 0.29) is 5.91 Å². The number of hydrogen-bond donors (Lipinski definition) is 1. The van der Waals surface area contributed by atoms with Gasteiger partial charge in [0.15, 0.2) is 0 Å². The van der Waals surface area contributed by atoms with Gasteiger partial charge in [-0.2, -0.15) is 0 Å². The molecule has 1 N–H and O–H groups in total. The van der Waals surface area contributed by atoms with E-state index in [2.05, 4.69) is 34.5 Å². The Morgan fingerprint density at radius 3 is 2.33 bits per heavy atom. The van der Waals surface area contributed by atoms with E-state index in [0.717, 1.165) is 18.9 Å². The molecule has 1 aromatic carbocycles. The number of likely N-dealkylation sites (tertiary alicyclic amines) is 1. The third-order valence-corrected chi connectivity index (χ3v) is 5.62. The first kappa shape index (κ1) is 17.5. The van der Waals surface area contributed by atoms with Crippen molar-refractivity contribution in [2.24, 2.45) is 5.92 Å². The molecule has 0 unspecified atom stereocenters. The zero-order chi connectivity index (χ0) is 16.6. The van der Waals surface area contributed by atoms with Crippen LogP contribution in [0.5, 0.6) is 0 Å². The molecule has 0 atom stereocenters. The first-order valence-corrected chi connectivity index (χ1v) is 9.86. The number of rotatable bonds is 7. The van der Waals surface area contributed by atoms with Crippen molar-refractivity contribution in [3.05, 3.63) is 35.4 Å². The maximum atomic E-state index is 12.0. The molecule has 2 aliphatic rings. The molecule has 1 heterocycles. The fourth-order valence-corrected chi connectivity index (χ4v) is 4.06. The summed E-state index contributed by atoms with van der Waals surface area (Å²) in [7, 11) is 0. The lowest BCUT2D eigenvalue weighted by atomic mass is 10.0. The minimum Gasteiger partial charge on any atom is -0.352 e. The number of carbonyl (C=O) groups is 1. The van der Waals surface area contributed by atoms with Crippen molar-refractivity contribution in [1.29, 1.82) is 0 Å². The summed E-state index contributed by atoms with van der Waals surface area (Å²) in [5.74, 6) is 1.00. The number of amides is 1. The number of hydrogen-bond acceptors (Lipinski definition) is 2. The molecular formula is C21H32N2O. The fourth-order valence-electron chi connectivity index (χ4n) is 4.06. The highest BCUT2D eigenvalue weighted by Gasteiger charge is 2.16. The highest BCUT2D eigenvalue weighted by Crippen LogP contribution is 2.28. The van der Waals surface area contributed by atoms with Crippen LogP contribution in [0, 0.1) is 5.92 Å². The summed E-state index contributed by atoms with van der Waals surface area (Å²) in [6.45, 7) is 4.19. The molecule has 3 heteroatoms. The third kappa shape index (κ3) is 5.62. The number of nitrogens with one attached hydrogen (secondary N) is 1. The van der Waals surface area contributed by atoms with Crippen molar-refractivity contribution in [2.75, 3.05) is 13.1 Å². The van der Waals surface area contributed by atoms with E-state index in [9.17, 15) is 4.79 Å². The molecular weight excluding hydrogens is 296 g/mol. The molecule has 1 amide bonds. The van der Waals surface area contributed by atoms with E-state index in [1.54, 1.807) is 0 Å². The Balaban J connectivity index is 1.36. The molecule has 1 saturated heterocycles. The first-order valence-electron chi connectivity index (χ1n) is 9.86. The first-order chi connectivity index (χ1) is 11.8. The molecule has 132 valence electrons. The number of nitrogens with zero attached hydrogens (tertiary/aromatic N) is 1. The molecule has 3 nitrogen and oxygen atoms in total. The van der Waals surface area contributed by atoms with Crippen LogP contribution in [-0.4, -0.2) is 23.9 Å². The molecule has 1 saturated carbocycles. The van der Waals surface area contributed by atoms with Gasteiger partial charge >= 0.3 is 0 Å². The number of piperidine rings is 1. The Labute approximate surface area is 146 Å². The Morgan fingerprint density at radius 1 is 0.958 bits per heavy atom. The average Bonchev–Trinajstić information content (AvgIpc) is 3.14. The summed E-state index contributed by atoms with van der Waals surface area (Å²) in [5.41, 5.74) is 2.58. The Morgan fingerprint density at radius 2 is 1.62 bits per heavy atom. The van der Waals surface area contributed by atoms with Crippen LogP contribution >= 0.6 is 0 Å². The zero-order valence-corrected chi connectivity index (χ0v) is 14.9. The van der Waals surface area contributed by atoms with Gasteiger partial charge in [-0.25, -0.2) is 0 Å². The monoisotopic (exact) mass is 328 g/mol. The van der Waals surface area contributed by atoms with Crippen LogP contribution in [-0.2, 0) is 17.9 Å². The molecule has 0 aromatic heterocycles. The van der Waals surface area contributed by atoms with E-state index < -0.39 is 0 Å². The van der Waals surface area contributed by atoms with Crippen LogP contribution in [0.2, 0.25) is 0 Å². The Hall–Kier alpha value is -1.35. The van der Waals surface area contributed by atoms with E-state index in [1.165, 1.54) is 69.2 Å². The standard InChI is InChI=1S/C21H32N2O/c24-21(13-12-18-6-2-3-7-18)22-16-19-8-10-20(11-9-19)17-23-14-4-1-5-15-23/h8-11,18H,1-7,12-17H2,(H,22,24). The highest BCUT2D eigenvalue weighted by atomic mass is 16.1. The van der Waals surface area contributed by atoms with E-state index in [0.29, 0.717) is 13.0 Å². The lowest BCUT2D eigenvalue weighted by Crippen LogP contribution is -2.29. The molecule has 2 fully saturated rings. The Bertz CT molecular complexity index is 499. The van der Waals surface area contributed by atoms with Gasteiger partial charge in [0.25, 0.3) is 0 Å². The van der Waals surface area contributed by atoms with Gasteiger partial charge in [0.05, 0.1) is 0 Å². The number of carbonyl (C=O) groups excluding carboxylic acids is 1. The van der Waals surface area contributed by atoms with Crippen LogP contribution in [0.4, 0.5) is 0 Å². The molecule has 1 aromatic rings.